The van der Waals surface area contributed by atoms with Crippen molar-refractivity contribution in [2.75, 3.05) is 6.61 Å². The third-order valence-corrected chi connectivity index (χ3v) is 3.43. The highest BCUT2D eigenvalue weighted by Gasteiger charge is 2.18. The van der Waals surface area contributed by atoms with Crippen LogP contribution >= 0.6 is 12.6 Å². The standard InChI is InChI=1S/C13H15FO2S/c14-12-5-4-10(17)8-11(12)13(15)16-7-6-9-2-1-3-9/h4-5,8-9,17H,1-3,6-7H2. The van der Waals surface area contributed by atoms with E-state index < -0.39 is 11.8 Å². The normalized spacial score (nSPS) is 15.4. The second-order valence-electron chi connectivity index (χ2n) is 4.39. The molecule has 4 heteroatoms. The molecule has 0 atom stereocenters. The number of carbonyl (C=O) groups excluding carboxylic acids is 1. The molecular formula is C13H15FO2S. The predicted molar refractivity (Wildman–Crippen MR) is 65.9 cm³/mol. The summed E-state index contributed by atoms with van der Waals surface area (Å²) in [7, 11) is 0. The van der Waals surface area contributed by atoms with Crippen molar-refractivity contribution in [1.29, 1.82) is 0 Å². The van der Waals surface area contributed by atoms with Crippen LogP contribution in [0.15, 0.2) is 23.1 Å². The summed E-state index contributed by atoms with van der Waals surface area (Å²) in [5.74, 6) is -0.474. The summed E-state index contributed by atoms with van der Waals surface area (Å²) in [6.45, 7) is 0.375. The third kappa shape index (κ3) is 3.22. The third-order valence-electron chi connectivity index (χ3n) is 3.15. The average Bonchev–Trinajstić information content (AvgIpc) is 2.25. The van der Waals surface area contributed by atoms with E-state index in [4.69, 9.17) is 4.74 Å². The summed E-state index contributed by atoms with van der Waals surface area (Å²) in [5, 5.41) is 0. The molecule has 0 saturated heterocycles. The molecule has 1 saturated carbocycles. The number of halogens is 1. The Morgan fingerprint density at radius 1 is 1.47 bits per heavy atom. The molecule has 0 unspecified atom stereocenters. The Labute approximate surface area is 106 Å². The molecule has 1 fully saturated rings. The molecule has 0 aliphatic heterocycles. The number of carbonyl (C=O) groups is 1. The van der Waals surface area contributed by atoms with Gasteiger partial charge in [-0.1, -0.05) is 19.3 Å². The maximum Gasteiger partial charge on any atom is 0.341 e. The zero-order chi connectivity index (χ0) is 12.3. The first kappa shape index (κ1) is 12.4. The molecular weight excluding hydrogens is 239 g/mol. The Bertz CT molecular complexity index is 416. The van der Waals surface area contributed by atoms with Gasteiger partial charge >= 0.3 is 5.97 Å². The second-order valence-corrected chi connectivity index (χ2v) is 4.90. The summed E-state index contributed by atoms with van der Waals surface area (Å²) in [6, 6.07) is 4.12. The first-order valence-corrected chi connectivity index (χ1v) is 6.27. The smallest absolute Gasteiger partial charge is 0.341 e. The highest BCUT2D eigenvalue weighted by atomic mass is 32.1. The Balaban J connectivity index is 1.87. The van der Waals surface area contributed by atoms with E-state index in [1.54, 1.807) is 0 Å². The molecule has 0 radical (unpaired) electrons. The molecule has 0 spiro atoms. The van der Waals surface area contributed by atoms with Crippen molar-refractivity contribution in [3.63, 3.8) is 0 Å². The van der Waals surface area contributed by atoms with Crippen LogP contribution in [0.5, 0.6) is 0 Å². The maximum atomic E-state index is 13.3. The SMILES string of the molecule is O=C(OCCC1CCC1)c1cc(S)ccc1F. The fraction of sp³-hybridized carbons (Fsp3) is 0.462. The van der Waals surface area contributed by atoms with Crippen LogP contribution in [0.3, 0.4) is 0 Å². The molecule has 0 N–H and O–H groups in total. The number of thiol groups is 1. The van der Waals surface area contributed by atoms with Crippen molar-refractivity contribution in [1.82, 2.24) is 0 Å². The minimum absolute atomic E-state index is 0.0360. The molecule has 92 valence electrons. The largest absolute Gasteiger partial charge is 0.462 e. The minimum atomic E-state index is -0.599. The first-order valence-electron chi connectivity index (χ1n) is 5.82. The van der Waals surface area contributed by atoms with E-state index in [9.17, 15) is 9.18 Å². The number of hydrogen-bond donors (Lipinski definition) is 1. The van der Waals surface area contributed by atoms with Gasteiger partial charge in [-0.2, -0.15) is 0 Å². The van der Waals surface area contributed by atoms with Crippen LogP contribution in [0.1, 0.15) is 36.0 Å². The molecule has 0 bridgehead atoms. The van der Waals surface area contributed by atoms with Crippen LogP contribution in [0.2, 0.25) is 0 Å². The zero-order valence-electron chi connectivity index (χ0n) is 9.49. The van der Waals surface area contributed by atoms with Crippen LogP contribution in [-0.2, 0) is 4.74 Å². The average molecular weight is 254 g/mol. The topological polar surface area (TPSA) is 26.3 Å². The van der Waals surface area contributed by atoms with Gasteiger partial charge in [0, 0.05) is 4.90 Å². The monoisotopic (exact) mass is 254 g/mol. The number of benzene rings is 1. The zero-order valence-corrected chi connectivity index (χ0v) is 10.4. The van der Waals surface area contributed by atoms with Gasteiger partial charge < -0.3 is 4.74 Å². The molecule has 0 heterocycles. The molecule has 1 aromatic carbocycles. The molecule has 2 rings (SSSR count). The van der Waals surface area contributed by atoms with Crippen molar-refractivity contribution < 1.29 is 13.9 Å². The van der Waals surface area contributed by atoms with E-state index >= 15 is 0 Å². The van der Waals surface area contributed by atoms with Gasteiger partial charge in [0.05, 0.1) is 12.2 Å². The highest BCUT2D eigenvalue weighted by Crippen LogP contribution is 2.29. The number of esters is 1. The van der Waals surface area contributed by atoms with E-state index in [-0.39, 0.29) is 5.56 Å². The van der Waals surface area contributed by atoms with Crippen LogP contribution in [0.25, 0.3) is 0 Å². The van der Waals surface area contributed by atoms with Gasteiger partial charge in [0.15, 0.2) is 0 Å². The molecule has 1 aliphatic rings. The summed E-state index contributed by atoms with van der Waals surface area (Å²) in [4.78, 5) is 12.2. The van der Waals surface area contributed by atoms with Crippen LogP contribution in [0.4, 0.5) is 4.39 Å². The number of hydrogen-bond acceptors (Lipinski definition) is 3. The lowest BCUT2D eigenvalue weighted by atomic mass is 9.83. The molecule has 1 aromatic rings. The van der Waals surface area contributed by atoms with Crippen molar-refractivity contribution in [3.05, 3.63) is 29.6 Å². The summed E-state index contributed by atoms with van der Waals surface area (Å²) < 4.78 is 18.4. The van der Waals surface area contributed by atoms with Crippen molar-refractivity contribution >= 4 is 18.6 Å². The summed E-state index contributed by atoms with van der Waals surface area (Å²) in [5.41, 5.74) is -0.0360. The molecule has 2 nitrogen and oxygen atoms in total. The minimum Gasteiger partial charge on any atom is -0.462 e. The van der Waals surface area contributed by atoms with Gasteiger partial charge in [-0.3, -0.25) is 0 Å². The van der Waals surface area contributed by atoms with Crippen LogP contribution in [0, 0.1) is 11.7 Å². The Hall–Kier alpha value is -1.03. The maximum absolute atomic E-state index is 13.3. The Morgan fingerprint density at radius 2 is 2.24 bits per heavy atom. The predicted octanol–water partition coefficient (Wildman–Crippen LogP) is 3.46. The van der Waals surface area contributed by atoms with E-state index in [1.165, 1.54) is 37.5 Å². The van der Waals surface area contributed by atoms with Gasteiger partial charge in [0.2, 0.25) is 0 Å². The van der Waals surface area contributed by atoms with Crippen molar-refractivity contribution in [2.45, 2.75) is 30.6 Å². The Kier molecular flexibility index (Phi) is 4.05. The fourth-order valence-corrected chi connectivity index (χ4v) is 2.05. The van der Waals surface area contributed by atoms with Gasteiger partial charge in [0.1, 0.15) is 5.82 Å². The van der Waals surface area contributed by atoms with E-state index in [1.807, 2.05) is 0 Å². The van der Waals surface area contributed by atoms with Crippen molar-refractivity contribution in [3.8, 4) is 0 Å². The molecule has 17 heavy (non-hydrogen) atoms. The van der Waals surface area contributed by atoms with E-state index in [0.29, 0.717) is 17.4 Å². The molecule has 0 amide bonds. The highest BCUT2D eigenvalue weighted by molar-refractivity contribution is 7.80. The number of ether oxygens (including phenoxy) is 1. The van der Waals surface area contributed by atoms with E-state index in [0.717, 1.165) is 6.42 Å². The summed E-state index contributed by atoms with van der Waals surface area (Å²) in [6.07, 6.45) is 4.60. The quantitative estimate of drug-likeness (QED) is 0.658. The van der Waals surface area contributed by atoms with Gasteiger partial charge in [-0.15, -0.1) is 12.6 Å². The summed E-state index contributed by atoms with van der Waals surface area (Å²) >= 11 is 4.07. The number of rotatable bonds is 4. The van der Waals surface area contributed by atoms with Crippen LogP contribution in [-0.4, -0.2) is 12.6 Å². The molecule has 0 aromatic heterocycles. The second kappa shape index (κ2) is 5.54. The lowest BCUT2D eigenvalue weighted by molar-refractivity contribution is 0.0459. The van der Waals surface area contributed by atoms with Crippen molar-refractivity contribution in [2.24, 2.45) is 5.92 Å². The fourth-order valence-electron chi connectivity index (χ4n) is 1.85. The van der Waals surface area contributed by atoms with E-state index in [2.05, 4.69) is 12.6 Å². The molecule has 1 aliphatic carbocycles. The van der Waals surface area contributed by atoms with Crippen LogP contribution < -0.4 is 0 Å². The lowest BCUT2D eigenvalue weighted by Gasteiger charge is -2.24. The Morgan fingerprint density at radius 3 is 2.88 bits per heavy atom. The van der Waals surface area contributed by atoms with Gasteiger partial charge in [-0.25, -0.2) is 9.18 Å². The van der Waals surface area contributed by atoms with Gasteiger partial charge in [-0.05, 0) is 30.5 Å². The van der Waals surface area contributed by atoms with Gasteiger partial charge in [0.25, 0.3) is 0 Å². The lowest BCUT2D eigenvalue weighted by Crippen LogP contribution is -2.16. The first-order chi connectivity index (χ1) is 8.16.